The van der Waals surface area contributed by atoms with Crippen LogP contribution in [0.3, 0.4) is 0 Å². The molecule has 4 rings (SSSR count). The summed E-state index contributed by atoms with van der Waals surface area (Å²) in [5, 5.41) is 3.88. The molecule has 1 aliphatic rings. The molecule has 1 heterocycles. The fourth-order valence-electron chi connectivity index (χ4n) is 4.07. The van der Waals surface area contributed by atoms with Gasteiger partial charge in [-0.1, -0.05) is 24.3 Å². The highest BCUT2D eigenvalue weighted by atomic mass is 16.1. The van der Waals surface area contributed by atoms with Crippen LogP contribution in [-0.4, -0.2) is 48.3 Å². The average Bonchev–Trinajstić information content (AvgIpc) is 2.64. The largest absolute Gasteiger partial charge is 0.348 e. The van der Waals surface area contributed by atoms with E-state index in [1.54, 1.807) is 18.2 Å². The first-order valence-electron chi connectivity index (χ1n) is 9.41. The Bertz CT molecular complexity index is 1120. The smallest absolute Gasteiger partial charge is 0.252 e. The lowest BCUT2D eigenvalue weighted by atomic mass is 9.81. The molecule has 1 atom stereocenters. The number of carbonyl (C=O) groups excluding carboxylic acids is 2. The number of pyridine rings is 1. The third-order valence-electron chi connectivity index (χ3n) is 5.05. The van der Waals surface area contributed by atoms with E-state index < -0.39 is 0 Å². The van der Waals surface area contributed by atoms with Gasteiger partial charge in [-0.2, -0.15) is 0 Å². The van der Waals surface area contributed by atoms with Gasteiger partial charge in [0.1, 0.15) is 0 Å². The molecule has 5 heteroatoms. The van der Waals surface area contributed by atoms with Crippen LogP contribution in [0, 0.1) is 6.92 Å². The van der Waals surface area contributed by atoms with Crippen LogP contribution in [0.1, 0.15) is 38.9 Å². The van der Waals surface area contributed by atoms with Gasteiger partial charge in [-0.15, -0.1) is 0 Å². The van der Waals surface area contributed by atoms with E-state index in [0.29, 0.717) is 22.3 Å². The fourth-order valence-corrected chi connectivity index (χ4v) is 4.07. The molecule has 1 aliphatic carbocycles. The Morgan fingerprint density at radius 2 is 1.82 bits per heavy atom. The number of fused-ring (bicyclic) bond motifs is 2. The van der Waals surface area contributed by atoms with Crippen molar-refractivity contribution in [3.8, 4) is 11.1 Å². The van der Waals surface area contributed by atoms with Crippen molar-refractivity contribution in [2.24, 2.45) is 0 Å². The number of benzene rings is 2. The SMILES string of the molecule is Cc1cc2c3c(cccc3n1)C(=O)c1cccc(C(=O)N[C@@H](C)CN(C)C)c1-2. The highest BCUT2D eigenvalue weighted by Crippen LogP contribution is 2.41. The van der Waals surface area contributed by atoms with Crippen LogP contribution in [0.15, 0.2) is 42.5 Å². The standard InChI is InChI=1S/C23H23N3O2/c1-13-11-18-20-15(22(27)16-8-6-10-19(24-13)21(16)18)7-5-9-17(20)23(28)25-14(2)12-26(3)4/h5-11,14H,12H2,1-4H3,(H,25,28)/t14-/m0/s1. The molecule has 0 aliphatic heterocycles. The number of nitrogens with one attached hydrogen (secondary N) is 1. The number of hydrogen-bond donors (Lipinski definition) is 1. The highest BCUT2D eigenvalue weighted by Gasteiger charge is 2.29. The maximum atomic E-state index is 13.2. The summed E-state index contributed by atoms with van der Waals surface area (Å²) in [5.41, 5.74) is 4.98. The van der Waals surface area contributed by atoms with Crippen molar-refractivity contribution in [1.29, 1.82) is 0 Å². The first-order valence-corrected chi connectivity index (χ1v) is 9.41. The number of nitrogens with zero attached hydrogens (tertiary/aromatic N) is 2. The number of ketones is 1. The van der Waals surface area contributed by atoms with Gasteiger partial charge >= 0.3 is 0 Å². The molecule has 28 heavy (non-hydrogen) atoms. The van der Waals surface area contributed by atoms with Crippen LogP contribution < -0.4 is 5.32 Å². The third kappa shape index (κ3) is 2.98. The van der Waals surface area contributed by atoms with Gasteiger partial charge in [-0.05, 0) is 51.7 Å². The van der Waals surface area contributed by atoms with Crippen LogP contribution in [-0.2, 0) is 0 Å². The van der Waals surface area contributed by atoms with Crippen molar-refractivity contribution >= 4 is 22.6 Å². The molecular formula is C23H23N3O2. The van der Waals surface area contributed by atoms with Crippen molar-refractivity contribution in [2.75, 3.05) is 20.6 Å². The number of amides is 1. The van der Waals surface area contributed by atoms with E-state index in [9.17, 15) is 9.59 Å². The minimum Gasteiger partial charge on any atom is -0.348 e. The van der Waals surface area contributed by atoms with Crippen molar-refractivity contribution in [1.82, 2.24) is 15.2 Å². The average molecular weight is 373 g/mol. The number of aryl methyl sites for hydroxylation is 1. The predicted molar refractivity (Wildman–Crippen MR) is 111 cm³/mol. The summed E-state index contributed by atoms with van der Waals surface area (Å²) in [6, 6.07) is 12.9. The zero-order valence-electron chi connectivity index (χ0n) is 16.5. The van der Waals surface area contributed by atoms with E-state index in [-0.39, 0.29) is 17.7 Å². The Balaban J connectivity index is 1.90. The molecule has 0 saturated carbocycles. The Morgan fingerprint density at radius 1 is 1.11 bits per heavy atom. The molecule has 1 amide bonds. The molecule has 0 bridgehead atoms. The van der Waals surface area contributed by atoms with Crippen molar-refractivity contribution in [2.45, 2.75) is 19.9 Å². The highest BCUT2D eigenvalue weighted by molar-refractivity contribution is 6.27. The lowest BCUT2D eigenvalue weighted by Gasteiger charge is -2.23. The van der Waals surface area contributed by atoms with E-state index in [2.05, 4.69) is 10.3 Å². The van der Waals surface area contributed by atoms with E-state index in [1.165, 1.54) is 0 Å². The Labute approximate surface area is 164 Å². The summed E-state index contributed by atoms with van der Waals surface area (Å²) in [6.45, 7) is 4.64. The van der Waals surface area contributed by atoms with Crippen LogP contribution in [0.4, 0.5) is 0 Å². The number of hydrogen-bond acceptors (Lipinski definition) is 4. The summed E-state index contributed by atoms with van der Waals surface area (Å²) in [4.78, 5) is 32.8. The molecule has 1 N–H and O–H groups in total. The second-order valence-corrected chi connectivity index (χ2v) is 7.70. The third-order valence-corrected chi connectivity index (χ3v) is 5.05. The van der Waals surface area contributed by atoms with Gasteiger partial charge in [0.2, 0.25) is 0 Å². The number of carbonyl (C=O) groups is 2. The van der Waals surface area contributed by atoms with Gasteiger partial charge in [0.15, 0.2) is 5.78 Å². The summed E-state index contributed by atoms with van der Waals surface area (Å²) in [7, 11) is 3.94. The fraction of sp³-hybridized carbons (Fsp3) is 0.261. The van der Waals surface area contributed by atoms with Crippen molar-refractivity contribution in [3.05, 3.63) is 64.8 Å². The first kappa shape index (κ1) is 18.3. The minimum atomic E-state index is -0.166. The molecule has 0 unspecified atom stereocenters. The molecule has 142 valence electrons. The summed E-state index contributed by atoms with van der Waals surface area (Å²) >= 11 is 0. The van der Waals surface area contributed by atoms with E-state index in [0.717, 1.165) is 28.7 Å². The molecule has 0 fully saturated rings. The molecule has 1 aromatic heterocycles. The summed E-state index contributed by atoms with van der Waals surface area (Å²) < 4.78 is 0. The Morgan fingerprint density at radius 3 is 2.57 bits per heavy atom. The lowest BCUT2D eigenvalue weighted by molar-refractivity contribution is 0.0935. The van der Waals surface area contributed by atoms with E-state index >= 15 is 0 Å². The summed E-state index contributed by atoms with van der Waals surface area (Å²) in [5.74, 6) is -0.226. The molecule has 0 radical (unpaired) electrons. The van der Waals surface area contributed by atoms with Gasteiger partial charge < -0.3 is 10.2 Å². The number of aromatic nitrogens is 1. The van der Waals surface area contributed by atoms with Crippen LogP contribution >= 0.6 is 0 Å². The molecule has 5 nitrogen and oxygen atoms in total. The second-order valence-electron chi connectivity index (χ2n) is 7.70. The normalized spacial score (nSPS) is 13.5. The molecule has 3 aromatic rings. The Hall–Kier alpha value is -3.05. The maximum Gasteiger partial charge on any atom is 0.252 e. The number of rotatable bonds is 4. The monoisotopic (exact) mass is 373 g/mol. The maximum absolute atomic E-state index is 13.2. The van der Waals surface area contributed by atoms with Gasteiger partial charge in [0, 0.05) is 45.9 Å². The van der Waals surface area contributed by atoms with E-state index in [4.69, 9.17) is 0 Å². The van der Waals surface area contributed by atoms with Crippen LogP contribution in [0.25, 0.3) is 22.0 Å². The molecular weight excluding hydrogens is 350 g/mol. The molecule has 0 spiro atoms. The van der Waals surface area contributed by atoms with Gasteiger partial charge in [0.25, 0.3) is 5.91 Å². The zero-order chi connectivity index (χ0) is 20.0. The van der Waals surface area contributed by atoms with Crippen LogP contribution in [0.2, 0.25) is 0 Å². The second kappa shape index (κ2) is 6.84. The lowest BCUT2D eigenvalue weighted by Crippen LogP contribution is -2.39. The molecule has 2 aromatic carbocycles. The summed E-state index contributed by atoms with van der Waals surface area (Å²) in [6.07, 6.45) is 0. The predicted octanol–water partition coefficient (Wildman–Crippen LogP) is 3.43. The Kier molecular flexibility index (Phi) is 4.47. The molecule has 0 saturated heterocycles. The van der Waals surface area contributed by atoms with E-state index in [1.807, 2.05) is 57.1 Å². The minimum absolute atomic E-state index is 0.0101. The zero-order valence-corrected chi connectivity index (χ0v) is 16.5. The first-order chi connectivity index (χ1) is 13.4. The van der Waals surface area contributed by atoms with Crippen molar-refractivity contribution in [3.63, 3.8) is 0 Å². The quantitative estimate of drug-likeness (QED) is 0.595. The number of likely N-dealkylation sites (N-methyl/N-ethyl adjacent to an activating group) is 1. The van der Waals surface area contributed by atoms with Crippen LogP contribution in [0.5, 0.6) is 0 Å². The van der Waals surface area contributed by atoms with Gasteiger partial charge in [-0.25, -0.2) is 0 Å². The van der Waals surface area contributed by atoms with Crippen molar-refractivity contribution < 1.29 is 9.59 Å². The topological polar surface area (TPSA) is 62.3 Å². The van der Waals surface area contributed by atoms with Gasteiger partial charge in [-0.3, -0.25) is 14.6 Å². The van der Waals surface area contributed by atoms with Gasteiger partial charge in [0.05, 0.1) is 5.52 Å².